The maximum atomic E-state index is 11.6. The van der Waals surface area contributed by atoms with Crippen LogP contribution in [0.3, 0.4) is 0 Å². The Kier molecular flexibility index (Phi) is 4.24. The molecule has 1 aromatic heterocycles. The van der Waals surface area contributed by atoms with E-state index in [1.165, 1.54) is 7.11 Å². The lowest BCUT2D eigenvalue weighted by Gasteiger charge is -2.25. The number of primary amides is 1. The van der Waals surface area contributed by atoms with Crippen LogP contribution in [-0.2, 0) is 4.79 Å². The van der Waals surface area contributed by atoms with Gasteiger partial charge in [-0.05, 0) is 29.0 Å². The van der Waals surface area contributed by atoms with Crippen molar-refractivity contribution < 1.29 is 19.1 Å². The molecule has 7 heteroatoms. The van der Waals surface area contributed by atoms with Crippen LogP contribution in [0, 0.1) is 5.41 Å². The van der Waals surface area contributed by atoms with Crippen molar-refractivity contribution in [2.75, 3.05) is 13.7 Å². The second-order valence-electron chi connectivity index (χ2n) is 6.85. The standard InChI is InChI=1S/C18H21N3O4/c1-18(2)8-15(22)21-14(18)9-25-17-11-7-13(24-3)12(16(19)23)6-10(11)4-5-20-17/h4-7,14H,8-9H2,1-3H3,(H2,19,23)(H,21,22). The minimum Gasteiger partial charge on any atom is -0.496 e. The summed E-state index contributed by atoms with van der Waals surface area (Å²) < 4.78 is 11.1. The topological polar surface area (TPSA) is 104 Å². The lowest BCUT2D eigenvalue weighted by molar-refractivity contribution is -0.119. The van der Waals surface area contributed by atoms with Gasteiger partial charge in [-0.25, -0.2) is 4.98 Å². The highest BCUT2D eigenvalue weighted by atomic mass is 16.5. The highest BCUT2D eigenvalue weighted by molar-refractivity contribution is 6.01. The molecule has 7 nitrogen and oxygen atoms in total. The predicted octanol–water partition coefficient (Wildman–Crippen LogP) is 1.64. The van der Waals surface area contributed by atoms with Gasteiger partial charge in [0.2, 0.25) is 11.8 Å². The summed E-state index contributed by atoms with van der Waals surface area (Å²) in [6.45, 7) is 4.36. The van der Waals surface area contributed by atoms with Gasteiger partial charge >= 0.3 is 0 Å². The molecule has 1 aliphatic rings. The first-order valence-electron chi connectivity index (χ1n) is 8.00. The van der Waals surface area contributed by atoms with Gasteiger partial charge < -0.3 is 20.5 Å². The molecule has 0 spiro atoms. The molecule has 3 rings (SSSR count). The van der Waals surface area contributed by atoms with Gasteiger partial charge in [-0.15, -0.1) is 0 Å². The fraction of sp³-hybridized carbons (Fsp3) is 0.389. The van der Waals surface area contributed by atoms with Crippen molar-refractivity contribution in [2.24, 2.45) is 11.1 Å². The lowest BCUT2D eigenvalue weighted by Crippen LogP contribution is -2.38. The fourth-order valence-corrected chi connectivity index (χ4v) is 3.06. The number of ether oxygens (including phenoxy) is 2. The highest BCUT2D eigenvalue weighted by Gasteiger charge is 2.39. The number of amides is 2. The average molecular weight is 343 g/mol. The summed E-state index contributed by atoms with van der Waals surface area (Å²) in [5.74, 6) is 0.252. The number of hydrogen-bond acceptors (Lipinski definition) is 5. The third-order valence-electron chi connectivity index (χ3n) is 4.59. The number of hydrogen-bond donors (Lipinski definition) is 2. The van der Waals surface area contributed by atoms with Gasteiger partial charge in [0.1, 0.15) is 12.4 Å². The van der Waals surface area contributed by atoms with E-state index in [4.69, 9.17) is 15.2 Å². The first-order valence-corrected chi connectivity index (χ1v) is 8.00. The number of carbonyl (C=O) groups is 2. The van der Waals surface area contributed by atoms with Crippen molar-refractivity contribution in [3.8, 4) is 11.6 Å². The zero-order valence-electron chi connectivity index (χ0n) is 14.5. The number of methoxy groups -OCH3 is 1. The summed E-state index contributed by atoms with van der Waals surface area (Å²) in [7, 11) is 1.47. The molecular weight excluding hydrogens is 322 g/mol. The zero-order chi connectivity index (χ0) is 18.2. The van der Waals surface area contributed by atoms with Gasteiger partial charge in [0.05, 0.1) is 18.7 Å². The second kappa shape index (κ2) is 6.23. The molecule has 3 N–H and O–H groups in total. The summed E-state index contributed by atoms with van der Waals surface area (Å²) in [6.07, 6.45) is 2.08. The first-order chi connectivity index (χ1) is 11.8. The van der Waals surface area contributed by atoms with Crippen molar-refractivity contribution >= 4 is 22.6 Å². The minimum absolute atomic E-state index is 0.0252. The smallest absolute Gasteiger partial charge is 0.252 e. The van der Waals surface area contributed by atoms with Crippen molar-refractivity contribution in [1.29, 1.82) is 0 Å². The Hall–Kier alpha value is -2.83. The molecule has 2 heterocycles. The quantitative estimate of drug-likeness (QED) is 0.859. The number of nitrogens with one attached hydrogen (secondary N) is 1. The van der Waals surface area contributed by atoms with Crippen molar-refractivity contribution in [3.63, 3.8) is 0 Å². The molecule has 0 saturated carbocycles. The Morgan fingerprint density at radius 1 is 1.44 bits per heavy atom. The largest absolute Gasteiger partial charge is 0.496 e. The average Bonchev–Trinajstić information content (AvgIpc) is 2.83. The summed E-state index contributed by atoms with van der Waals surface area (Å²) in [6, 6.07) is 5.03. The van der Waals surface area contributed by atoms with Crippen molar-refractivity contribution in [3.05, 3.63) is 30.0 Å². The van der Waals surface area contributed by atoms with E-state index in [9.17, 15) is 9.59 Å². The van der Waals surface area contributed by atoms with Gasteiger partial charge in [0.15, 0.2) is 0 Å². The zero-order valence-corrected chi connectivity index (χ0v) is 14.5. The number of nitrogens with two attached hydrogens (primary N) is 1. The van der Waals surface area contributed by atoms with Crippen LogP contribution < -0.4 is 20.5 Å². The van der Waals surface area contributed by atoms with E-state index in [-0.39, 0.29) is 17.4 Å². The van der Waals surface area contributed by atoms with Gasteiger partial charge in [-0.3, -0.25) is 9.59 Å². The van der Waals surface area contributed by atoms with E-state index in [1.807, 2.05) is 13.8 Å². The van der Waals surface area contributed by atoms with Crippen LogP contribution in [0.15, 0.2) is 24.4 Å². The minimum atomic E-state index is -0.562. The molecule has 1 unspecified atom stereocenters. The van der Waals surface area contributed by atoms with Crippen molar-refractivity contribution in [2.45, 2.75) is 26.3 Å². The van der Waals surface area contributed by atoms with Crippen molar-refractivity contribution in [1.82, 2.24) is 10.3 Å². The van der Waals surface area contributed by atoms with Crippen LogP contribution >= 0.6 is 0 Å². The number of fused-ring (bicyclic) bond motifs is 1. The van der Waals surface area contributed by atoms with Gasteiger partial charge in [-0.1, -0.05) is 13.8 Å². The molecule has 25 heavy (non-hydrogen) atoms. The van der Waals surface area contributed by atoms with E-state index in [0.29, 0.717) is 35.6 Å². The molecule has 1 aliphatic heterocycles. The predicted molar refractivity (Wildman–Crippen MR) is 92.6 cm³/mol. The highest BCUT2D eigenvalue weighted by Crippen LogP contribution is 2.33. The van der Waals surface area contributed by atoms with Crippen LogP contribution in [0.2, 0.25) is 0 Å². The normalized spacial score (nSPS) is 18.8. The number of carbonyl (C=O) groups excluding carboxylic acids is 2. The molecule has 0 aliphatic carbocycles. The van der Waals surface area contributed by atoms with E-state index >= 15 is 0 Å². The molecule has 1 fully saturated rings. The maximum absolute atomic E-state index is 11.6. The summed E-state index contributed by atoms with van der Waals surface area (Å²) in [5.41, 5.74) is 5.52. The van der Waals surface area contributed by atoms with E-state index in [2.05, 4.69) is 10.3 Å². The molecule has 0 radical (unpaired) electrons. The van der Waals surface area contributed by atoms with Crippen LogP contribution in [0.1, 0.15) is 30.6 Å². The van der Waals surface area contributed by atoms with Crippen LogP contribution in [0.4, 0.5) is 0 Å². The molecular formula is C18H21N3O4. The fourth-order valence-electron chi connectivity index (χ4n) is 3.06. The number of rotatable bonds is 5. The third-order valence-corrected chi connectivity index (χ3v) is 4.59. The maximum Gasteiger partial charge on any atom is 0.252 e. The molecule has 1 aromatic carbocycles. The Bertz CT molecular complexity index is 848. The first kappa shape index (κ1) is 17.0. The summed E-state index contributed by atoms with van der Waals surface area (Å²) in [5, 5.41) is 4.42. The molecule has 2 aromatic rings. The van der Waals surface area contributed by atoms with Crippen LogP contribution in [-0.4, -0.2) is 36.6 Å². The number of pyridine rings is 1. The monoisotopic (exact) mass is 343 g/mol. The van der Waals surface area contributed by atoms with E-state index < -0.39 is 5.91 Å². The number of aromatic nitrogens is 1. The van der Waals surface area contributed by atoms with Gasteiger partial charge in [-0.2, -0.15) is 0 Å². The lowest BCUT2D eigenvalue weighted by atomic mass is 9.85. The van der Waals surface area contributed by atoms with E-state index in [1.54, 1.807) is 24.4 Å². The Morgan fingerprint density at radius 2 is 2.20 bits per heavy atom. The molecule has 2 amide bonds. The van der Waals surface area contributed by atoms with Crippen LogP contribution in [0.25, 0.3) is 10.8 Å². The summed E-state index contributed by atoms with van der Waals surface area (Å²) in [4.78, 5) is 27.5. The molecule has 1 atom stereocenters. The molecule has 1 saturated heterocycles. The second-order valence-corrected chi connectivity index (χ2v) is 6.85. The van der Waals surface area contributed by atoms with Gasteiger partial charge in [0.25, 0.3) is 5.91 Å². The van der Waals surface area contributed by atoms with Crippen LogP contribution in [0.5, 0.6) is 11.6 Å². The Labute approximate surface area is 145 Å². The van der Waals surface area contributed by atoms with Gasteiger partial charge in [0, 0.05) is 18.0 Å². The SMILES string of the molecule is COc1cc2c(OCC3NC(=O)CC3(C)C)nccc2cc1C(N)=O. The molecule has 0 bridgehead atoms. The molecule has 132 valence electrons. The number of nitrogens with zero attached hydrogens (tertiary/aromatic N) is 1. The summed E-state index contributed by atoms with van der Waals surface area (Å²) >= 11 is 0. The third kappa shape index (κ3) is 3.22. The Morgan fingerprint density at radius 3 is 2.80 bits per heavy atom. The number of benzene rings is 1. The Balaban J connectivity index is 1.92. The van der Waals surface area contributed by atoms with E-state index in [0.717, 1.165) is 5.39 Å².